The number of rotatable bonds is 5. The topological polar surface area (TPSA) is 67.6 Å². The van der Waals surface area contributed by atoms with E-state index in [-0.39, 0.29) is 6.61 Å². The van der Waals surface area contributed by atoms with E-state index in [1.807, 2.05) is 14.1 Å². The van der Waals surface area contributed by atoms with Crippen LogP contribution in [0.25, 0.3) is 0 Å². The lowest BCUT2D eigenvalue weighted by Gasteiger charge is -2.02. The zero-order valence-electron chi connectivity index (χ0n) is 12.3. The predicted octanol–water partition coefficient (Wildman–Crippen LogP) is 1.73. The Bertz CT molecular complexity index is 545. The molecule has 0 fully saturated rings. The Morgan fingerprint density at radius 3 is 2.50 bits per heavy atom. The maximum atomic E-state index is 12.0. The van der Waals surface area contributed by atoms with E-state index in [2.05, 4.69) is 5.32 Å². The van der Waals surface area contributed by atoms with Crippen molar-refractivity contribution in [3.05, 3.63) is 16.0 Å². The van der Waals surface area contributed by atoms with Crippen molar-refractivity contribution in [2.45, 2.75) is 13.8 Å². The van der Waals surface area contributed by atoms with Crippen LogP contribution in [0.1, 0.15) is 32.5 Å². The summed E-state index contributed by atoms with van der Waals surface area (Å²) >= 11 is 1.17. The predicted molar refractivity (Wildman–Crippen MR) is 78.1 cm³/mol. The zero-order chi connectivity index (χ0) is 15.3. The molecule has 0 spiro atoms. The molecule has 20 heavy (non-hydrogen) atoms. The number of carbonyl (C=O) groups excluding carboxylic acids is 2. The quantitative estimate of drug-likeness (QED) is 0.388. The minimum absolute atomic E-state index is 0.276. The van der Waals surface area contributed by atoms with Crippen LogP contribution in [0.3, 0.4) is 0 Å². The van der Waals surface area contributed by atoms with E-state index in [1.54, 1.807) is 24.8 Å². The van der Waals surface area contributed by atoms with Crippen LogP contribution in [-0.4, -0.2) is 50.7 Å². The third kappa shape index (κ3) is 3.57. The van der Waals surface area contributed by atoms with Crippen molar-refractivity contribution in [2.75, 3.05) is 33.1 Å². The first-order chi connectivity index (χ1) is 9.42. The molecule has 110 valence electrons. The van der Waals surface area contributed by atoms with Crippen molar-refractivity contribution in [3.8, 4) is 0 Å². The molecule has 0 saturated heterocycles. The van der Waals surface area contributed by atoms with Crippen molar-refractivity contribution in [1.29, 1.82) is 0 Å². The van der Waals surface area contributed by atoms with Crippen molar-refractivity contribution < 1.29 is 23.6 Å². The van der Waals surface area contributed by atoms with Gasteiger partial charge >= 0.3 is 11.9 Å². The third-order valence-corrected chi connectivity index (χ3v) is 3.65. The van der Waals surface area contributed by atoms with Gasteiger partial charge in [0, 0.05) is 0 Å². The summed E-state index contributed by atoms with van der Waals surface area (Å²) in [6.07, 6.45) is 1.69. The Labute approximate surface area is 122 Å². The van der Waals surface area contributed by atoms with Gasteiger partial charge in [-0.05, 0) is 19.4 Å². The lowest BCUT2D eigenvalue weighted by molar-refractivity contribution is -0.459. The fourth-order valence-corrected chi connectivity index (χ4v) is 2.62. The first-order valence-electron chi connectivity index (χ1n) is 6.07. The van der Waals surface area contributed by atoms with E-state index in [0.717, 1.165) is 0 Å². The normalized spacial score (nSPS) is 9.85. The van der Waals surface area contributed by atoms with Crippen LogP contribution in [0.2, 0.25) is 0 Å². The number of ether oxygens (including phenoxy) is 2. The smallest absolute Gasteiger partial charge is 0.348 e. The standard InChI is InChI=1S/C13H18N2O4S/c1-6-19-12(16)9-8(2)10(13(17)18-5)20-11(9)14-7-15(3)4/h7H,6H2,1-5H3/p+1. The van der Waals surface area contributed by atoms with Gasteiger partial charge in [0.05, 0.1) is 27.8 Å². The average Bonchev–Trinajstić information content (AvgIpc) is 2.72. The van der Waals surface area contributed by atoms with E-state index in [0.29, 0.717) is 21.0 Å². The highest BCUT2D eigenvalue weighted by molar-refractivity contribution is 7.18. The molecule has 1 aromatic heterocycles. The number of anilines is 1. The van der Waals surface area contributed by atoms with Crippen LogP contribution >= 0.6 is 11.3 Å². The van der Waals surface area contributed by atoms with Crippen molar-refractivity contribution in [1.82, 2.24) is 0 Å². The van der Waals surface area contributed by atoms with Gasteiger partial charge in [-0.25, -0.2) is 14.9 Å². The molecule has 0 bridgehead atoms. The van der Waals surface area contributed by atoms with E-state index in [4.69, 9.17) is 9.47 Å². The number of hydrogen-bond donors (Lipinski definition) is 1. The molecule has 0 atom stereocenters. The summed E-state index contributed by atoms with van der Waals surface area (Å²) in [5.74, 6) is -0.915. The molecular weight excluding hydrogens is 280 g/mol. The summed E-state index contributed by atoms with van der Waals surface area (Å²) in [6.45, 7) is 3.72. The van der Waals surface area contributed by atoms with Crippen LogP contribution in [-0.2, 0) is 9.47 Å². The number of thiophene rings is 1. The van der Waals surface area contributed by atoms with Crippen molar-refractivity contribution in [2.24, 2.45) is 0 Å². The zero-order valence-corrected chi connectivity index (χ0v) is 13.1. The van der Waals surface area contributed by atoms with Gasteiger partial charge in [-0.1, -0.05) is 11.3 Å². The maximum absolute atomic E-state index is 12.0. The Balaban J connectivity index is 3.28. The fraction of sp³-hybridized carbons (Fsp3) is 0.462. The molecule has 0 amide bonds. The largest absolute Gasteiger partial charge is 0.465 e. The minimum Gasteiger partial charge on any atom is -0.465 e. The van der Waals surface area contributed by atoms with Gasteiger partial charge in [0.15, 0.2) is 5.00 Å². The summed E-state index contributed by atoms with van der Waals surface area (Å²) in [5, 5.41) is 3.57. The van der Waals surface area contributed by atoms with Gasteiger partial charge in [-0.2, -0.15) is 0 Å². The van der Waals surface area contributed by atoms with Crippen LogP contribution in [0.5, 0.6) is 0 Å². The molecule has 0 aliphatic heterocycles. The molecular formula is C13H19N2O4S+. The molecule has 1 rings (SSSR count). The number of esters is 2. The number of nitrogens with zero attached hydrogens (tertiary/aromatic N) is 1. The number of hydrogen-bond acceptors (Lipinski definition) is 5. The van der Waals surface area contributed by atoms with Crippen LogP contribution in [0, 0.1) is 6.92 Å². The fourth-order valence-electron chi connectivity index (χ4n) is 1.54. The Morgan fingerprint density at radius 2 is 2.00 bits per heavy atom. The summed E-state index contributed by atoms with van der Waals surface area (Å²) < 4.78 is 11.5. The Morgan fingerprint density at radius 1 is 1.35 bits per heavy atom. The molecule has 0 radical (unpaired) electrons. The summed E-state index contributed by atoms with van der Waals surface area (Å²) in [6, 6.07) is 0. The van der Waals surface area contributed by atoms with Gasteiger partial charge in [-0.3, -0.25) is 4.58 Å². The first-order valence-corrected chi connectivity index (χ1v) is 6.89. The highest BCUT2D eigenvalue weighted by atomic mass is 32.1. The number of nitrogens with one attached hydrogen (secondary N) is 1. The Hall–Kier alpha value is -1.89. The molecule has 1 N–H and O–H groups in total. The highest BCUT2D eigenvalue weighted by Crippen LogP contribution is 2.33. The van der Waals surface area contributed by atoms with Gasteiger partial charge in [0.2, 0.25) is 6.34 Å². The van der Waals surface area contributed by atoms with E-state index in [1.165, 1.54) is 18.4 Å². The second-order valence-corrected chi connectivity index (χ2v) is 5.23. The maximum Gasteiger partial charge on any atom is 0.348 e. The summed E-state index contributed by atoms with van der Waals surface area (Å²) in [4.78, 5) is 24.1. The van der Waals surface area contributed by atoms with Gasteiger partial charge in [0.25, 0.3) is 0 Å². The number of methoxy groups -OCH3 is 1. The summed E-state index contributed by atoms with van der Waals surface area (Å²) in [5.41, 5.74) is 0.935. The Kier molecular flexibility index (Phi) is 5.69. The van der Waals surface area contributed by atoms with E-state index in [9.17, 15) is 9.59 Å². The van der Waals surface area contributed by atoms with Gasteiger partial charge in [-0.15, -0.1) is 0 Å². The second kappa shape index (κ2) is 7.04. The molecule has 0 saturated carbocycles. The highest BCUT2D eigenvalue weighted by Gasteiger charge is 2.27. The molecule has 6 nitrogen and oxygen atoms in total. The molecule has 7 heteroatoms. The van der Waals surface area contributed by atoms with Crippen LogP contribution < -0.4 is 5.32 Å². The molecule has 0 aliphatic carbocycles. The molecule has 0 aromatic carbocycles. The van der Waals surface area contributed by atoms with Crippen LogP contribution in [0.4, 0.5) is 5.00 Å². The monoisotopic (exact) mass is 299 g/mol. The van der Waals surface area contributed by atoms with E-state index < -0.39 is 11.9 Å². The SMILES string of the molecule is CCOC(=O)c1c(NC=[N+](C)C)sc(C(=O)OC)c1C. The third-order valence-electron chi connectivity index (χ3n) is 2.45. The molecule has 1 heterocycles. The number of carbonyl (C=O) groups is 2. The van der Waals surface area contributed by atoms with Gasteiger partial charge in [0.1, 0.15) is 10.4 Å². The molecule has 1 aromatic rings. The lowest BCUT2D eigenvalue weighted by atomic mass is 10.1. The first kappa shape index (κ1) is 16.2. The average molecular weight is 299 g/mol. The molecule has 0 unspecified atom stereocenters. The van der Waals surface area contributed by atoms with Gasteiger partial charge < -0.3 is 9.47 Å². The molecule has 0 aliphatic rings. The second-order valence-electron chi connectivity index (χ2n) is 4.21. The van der Waals surface area contributed by atoms with E-state index >= 15 is 0 Å². The van der Waals surface area contributed by atoms with Crippen molar-refractivity contribution >= 4 is 34.6 Å². The lowest BCUT2D eigenvalue weighted by Crippen LogP contribution is -2.11. The summed E-state index contributed by atoms with van der Waals surface area (Å²) in [7, 11) is 5.00. The van der Waals surface area contributed by atoms with Crippen molar-refractivity contribution in [3.63, 3.8) is 0 Å². The van der Waals surface area contributed by atoms with Crippen LogP contribution in [0.15, 0.2) is 0 Å². The minimum atomic E-state index is -0.462.